The van der Waals surface area contributed by atoms with E-state index in [0.29, 0.717) is 12.5 Å². The summed E-state index contributed by atoms with van der Waals surface area (Å²) in [4.78, 5) is 0. The van der Waals surface area contributed by atoms with Crippen molar-refractivity contribution in [2.24, 2.45) is 11.7 Å². The molecule has 0 spiro atoms. The Balaban J connectivity index is 2.71. The molecule has 0 aromatic heterocycles. The van der Waals surface area contributed by atoms with Crippen molar-refractivity contribution in [1.82, 2.24) is 0 Å². The molecule has 1 atom stereocenters. The van der Waals surface area contributed by atoms with Gasteiger partial charge >= 0.3 is 0 Å². The van der Waals surface area contributed by atoms with Crippen LogP contribution in [0.4, 0.5) is 0 Å². The molecule has 2 N–H and O–H groups in total. The lowest BCUT2D eigenvalue weighted by Gasteiger charge is -2.20. The average molecular weight is 169 g/mol. The summed E-state index contributed by atoms with van der Waals surface area (Å²) in [6.07, 6.45) is 4.82. The molecule has 0 fully saturated rings. The highest BCUT2D eigenvalue weighted by Crippen LogP contribution is 2.23. The van der Waals surface area contributed by atoms with E-state index in [4.69, 9.17) is 15.2 Å². The van der Waals surface area contributed by atoms with Gasteiger partial charge in [-0.1, -0.05) is 0 Å². The molecule has 68 valence electrons. The standard InChI is InChI=1S/C9H15NO2/c1-11-8-4-3-7(6-10)9(5-8)12-2/h4-5,7H,3,6,10H2,1-2H3. The molecule has 0 saturated carbocycles. The molecule has 12 heavy (non-hydrogen) atoms. The summed E-state index contributed by atoms with van der Waals surface area (Å²) in [7, 11) is 3.31. The van der Waals surface area contributed by atoms with Gasteiger partial charge in [0, 0.05) is 18.5 Å². The van der Waals surface area contributed by atoms with Crippen LogP contribution in [0.1, 0.15) is 6.42 Å². The van der Waals surface area contributed by atoms with Gasteiger partial charge in [-0.15, -0.1) is 0 Å². The lowest BCUT2D eigenvalue weighted by molar-refractivity contribution is 0.227. The zero-order chi connectivity index (χ0) is 8.97. The Hall–Kier alpha value is -0.960. The molecule has 0 aromatic carbocycles. The molecule has 0 radical (unpaired) electrons. The van der Waals surface area contributed by atoms with Crippen LogP contribution in [0, 0.1) is 5.92 Å². The summed E-state index contributed by atoms with van der Waals surface area (Å²) in [5.41, 5.74) is 5.57. The second-order valence-electron chi connectivity index (χ2n) is 2.73. The molecule has 1 aliphatic carbocycles. The fourth-order valence-corrected chi connectivity index (χ4v) is 1.27. The van der Waals surface area contributed by atoms with Gasteiger partial charge in [0.2, 0.25) is 0 Å². The number of methoxy groups -OCH3 is 2. The Morgan fingerprint density at radius 3 is 2.75 bits per heavy atom. The fraction of sp³-hybridized carbons (Fsp3) is 0.556. The number of hydrogen-bond acceptors (Lipinski definition) is 3. The van der Waals surface area contributed by atoms with Gasteiger partial charge < -0.3 is 15.2 Å². The van der Waals surface area contributed by atoms with E-state index < -0.39 is 0 Å². The molecule has 1 aliphatic rings. The number of allylic oxidation sites excluding steroid dienone is 2. The predicted molar refractivity (Wildman–Crippen MR) is 47.3 cm³/mol. The van der Waals surface area contributed by atoms with Crippen molar-refractivity contribution in [2.75, 3.05) is 20.8 Å². The first-order valence-electron chi connectivity index (χ1n) is 4.01. The second-order valence-corrected chi connectivity index (χ2v) is 2.73. The molecule has 0 amide bonds. The maximum absolute atomic E-state index is 5.57. The quantitative estimate of drug-likeness (QED) is 0.686. The molecule has 1 rings (SSSR count). The maximum atomic E-state index is 5.57. The molecule has 0 aliphatic heterocycles. The van der Waals surface area contributed by atoms with Crippen molar-refractivity contribution in [3.8, 4) is 0 Å². The van der Waals surface area contributed by atoms with Crippen LogP contribution in [-0.4, -0.2) is 20.8 Å². The molecule has 0 aromatic rings. The van der Waals surface area contributed by atoms with Crippen molar-refractivity contribution in [3.05, 3.63) is 23.7 Å². The van der Waals surface area contributed by atoms with Crippen LogP contribution in [0.2, 0.25) is 0 Å². The van der Waals surface area contributed by atoms with Gasteiger partial charge in [0.15, 0.2) is 0 Å². The second kappa shape index (κ2) is 4.16. The number of rotatable bonds is 3. The molecule has 1 unspecified atom stereocenters. The molecular formula is C9H15NO2. The van der Waals surface area contributed by atoms with Crippen LogP contribution in [0.25, 0.3) is 0 Å². The van der Waals surface area contributed by atoms with E-state index in [2.05, 4.69) is 0 Å². The zero-order valence-corrected chi connectivity index (χ0v) is 7.54. The summed E-state index contributed by atoms with van der Waals surface area (Å²) >= 11 is 0. The van der Waals surface area contributed by atoms with Crippen LogP contribution in [0.3, 0.4) is 0 Å². The number of ether oxygens (including phenoxy) is 2. The van der Waals surface area contributed by atoms with Crippen molar-refractivity contribution in [1.29, 1.82) is 0 Å². The van der Waals surface area contributed by atoms with Crippen LogP contribution < -0.4 is 5.73 Å². The van der Waals surface area contributed by atoms with Crippen molar-refractivity contribution in [2.45, 2.75) is 6.42 Å². The van der Waals surface area contributed by atoms with Gasteiger partial charge in [0.05, 0.1) is 14.2 Å². The van der Waals surface area contributed by atoms with E-state index in [0.717, 1.165) is 17.9 Å². The fourth-order valence-electron chi connectivity index (χ4n) is 1.27. The van der Waals surface area contributed by atoms with E-state index in [-0.39, 0.29) is 0 Å². The third-order valence-corrected chi connectivity index (χ3v) is 2.05. The Labute approximate surface area is 72.8 Å². The SMILES string of the molecule is COC1=CCC(CN)C(OC)=C1. The number of nitrogens with two attached hydrogens (primary N) is 1. The van der Waals surface area contributed by atoms with Gasteiger partial charge in [-0.2, -0.15) is 0 Å². The topological polar surface area (TPSA) is 44.5 Å². The van der Waals surface area contributed by atoms with Crippen molar-refractivity contribution < 1.29 is 9.47 Å². The Morgan fingerprint density at radius 2 is 2.25 bits per heavy atom. The molecule has 0 saturated heterocycles. The van der Waals surface area contributed by atoms with Gasteiger partial charge in [0.25, 0.3) is 0 Å². The molecule has 0 heterocycles. The first kappa shape index (κ1) is 9.13. The Kier molecular flexibility index (Phi) is 3.17. The predicted octanol–water partition coefficient (Wildman–Crippen LogP) is 1.03. The summed E-state index contributed by atoms with van der Waals surface area (Å²) in [6, 6.07) is 0. The lowest BCUT2D eigenvalue weighted by Crippen LogP contribution is -2.19. The largest absolute Gasteiger partial charge is 0.501 e. The zero-order valence-electron chi connectivity index (χ0n) is 7.54. The summed E-state index contributed by atoms with van der Waals surface area (Å²) < 4.78 is 10.3. The third kappa shape index (κ3) is 1.80. The van der Waals surface area contributed by atoms with Crippen LogP contribution in [0.15, 0.2) is 23.7 Å². The first-order valence-corrected chi connectivity index (χ1v) is 4.01. The highest BCUT2D eigenvalue weighted by Gasteiger charge is 2.17. The Morgan fingerprint density at radius 1 is 1.50 bits per heavy atom. The third-order valence-electron chi connectivity index (χ3n) is 2.05. The lowest BCUT2D eigenvalue weighted by atomic mass is 9.98. The van der Waals surface area contributed by atoms with Crippen LogP contribution in [0.5, 0.6) is 0 Å². The van der Waals surface area contributed by atoms with Crippen LogP contribution in [-0.2, 0) is 9.47 Å². The normalized spacial score (nSPS) is 22.8. The van der Waals surface area contributed by atoms with Crippen LogP contribution >= 0.6 is 0 Å². The number of hydrogen-bond donors (Lipinski definition) is 1. The minimum Gasteiger partial charge on any atom is -0.501 e. The smallest absolute Gasteiger partial charge is 0.118 e. The summed E-state index contributed by atoms with van der Waals surface area (Å²) in [6.45, 7) is 0.618. The molecule has 3 heteroatoms. The molecule has 3 nitrogen and oxygen atoms in total. The van der Waals surface area contributed by atoms with Gasteiger partial charge in [-0.3, -0.25) is 0 Å². The Bertz CT molecular complexity index is 209. The van der Waals surface area contributed by atoms with Gasteiger partial charge in [-0.25, -0.2) is 0 Å². The minimum atomic E-state index is 0.314. The van der Waals surface area contributed by atoms with E-state index in [1.165, 1.54) is 0 Å². The van der Waals surface area contributed by atoms with E-state index in [1.807, 2.05) is 12.2 Å². The van der Waals surface area contributed by atoms with E-state index in [9.17, 15) is 0 Å². The summed E-state index contributed by atoms with van der Waals surface area (Å²) in [5, 5.41) is 0. The monoisotopic (exact) mass is 169 g/mol. The maximum Gasteiger partial charge on any atom is 0.118 e. The van der Waals surface area contributed by atoms with Crippen molar-refractivity contribution in [3.63, 3.8) is 0 Å². The van der Waals surface area contributed by atoms with Gasteiger partial charge in [-0.05, 0) is 12.5 Å². The van der Waals surface area contributed by atoms with E-state index >= 15 is 0 Å². The summed E-state index contributed by atoms with van der Waals surface area (Å²) in [5.74, 6) is 2.09. The molecular weight excluding hydrogens is 154 g/mol. The van der Waals surface area contributed by atoms with Crippen molar-refractivity contribution >= 4 is 0 Å². The highest BCUT2D eigenvalue weighted by molar-refractivity contribution is 5.22. The average Bonchev–Trinajstić information content (AvgIpc) is 2.16. The van der Waals surface area contributed by atoms with Gasteiger partial charge in [0.1, 0.15) is 11.5 Å². The first-order chi connectivity index (χ1) is 5.81. The minimum absolute atomic E-state index is 0.314. The van der Waals surface area contributed by atoms with E-state index in [1.54, 1.807) is 14.2 Å². The molecule has 0 bridgehead atoms. The highest BCUT2D eigenvalue weighted by atomic mass is 16.5.